The minimum absolute atomic E-state index is 0.849. The molecule has 0 radical (unpaired) electrons. The minimum Gasteiger partial charge on any atom is -0.314 e. The molecule has 2 rings (SSSR count). The first-order valence-electron chi connectivity index (χ1n) is 7.21. The van der Waals surface area contributed by atoms with Gasteiger partial charge in [-0.25, -0.2) is 0 Å². The maximum atomic E-state index is 3.81. The second-order valence-corrected chi connectivity index (χ2v) is 6.77. The molecule has 0 aromatic heterocycles. The van der Waals surface area contributed by atoms with Crippen LogP contribution in [0.4, 0.5) is 0 Å². The highest BCUT2D eigenvalue weighted by Gasteiger charge is 2.29. The van der Waals surface area contributed by atoms with Crippen molar-refractivity contribution in [2.75, 3.05) is 18.1 Å². The summed E-state index contributed by atoms with van der Waals surface area (Å²) in [5.74, 6) is 4.86. The average molecular weight is 241 g/mol. The van der Waals surface area contributed by atoms with Gasteiger partial charge in [0.2, 0.25) is 0 Å². The molecule has 1 unspecified atom stereocenters. The van der Waals surface area contributed by atoms with Gasteiger partial charge in [0.25, 0.3) is 0 Å². The van der Waals surface area contributed by atoms with Gasteiger partial charge in [-0.2, -0.15) is 11.8 Å². The number of hydrogen-bond donors (Lipinski definition) is 1. The van der Waals surface area contributed by atoms with Crippen molar-refractivity contribution < 1.29 is 0 Å². The van der Waals surface area contributed by atoms with Crippen molar-refractivity contribution in [1.29, 1.82) is 0 Å². The molecule has 94 valence electrons. The highest BCUT2D eigenvalue weighted by Crippen LogP contribution is 2.35. The minimum atomic E-state index is 0.849. The predicted octanol–water partition coefficient (Wildman–Crippen LogP) is 3.69. The van der Waals surface area contributed by atoms with Gasteiger partial charge in [-0.3, -0.25) is 0 Å². The van der Waals surface area contributed by atoms with Crippen molar-refractivity contribution in [3.63, 3.8) is 0 Å². The number of hydrogen-bond acceptors (Lipinski definition) is 2. The van der Waals surface area contributed by atoms with Gasteiger partial charge in [-0.1, -0.05) is 13.3 Å². The van der Waals surface area contributed by atoms with Crippen LogP contribution < -0.4 is 5.32 Å². The standard InChI is InChI=1S/C14H27NS/c1-2-8-15-14(13-4-3-5-13)11-12-6-9-16-10-7-12/h12-15H,2-11H2,1H3. The van der Waals surface area contributed by atoms with Crippen LogP contribution >= 0.6 is 11.8 Å². The molecule has 0 spiro atoms. The molecule has 1 saturated heterocycles. The van der Waals surface area contributed by atoms with Crippen molar-refractivity contribution in [2.24, 2.45) is 11.8 Å². The summed E-state index contributed by atoms with van der Waals surface area (Å²) in [5, 5.41) is 3.81. The fourth-order valence-corrected chi connectivity index (χ4v) is 4.16. The summed E-state index contributed by atoms with van der Waals surface area (Å²) in [5.41, 5.74) is 0. The van der Waals surface area contributed by atoms with E-state index in [1.54, 1.807) is 0 Å². The molecule has 1 N–H and O–H groups in total. The van der Waals surface area contributed by atoms with Crippen molar-refractivity contribution in [2.45, 2.75) is 57.9 Å². The summed E-state index contributed by atoms with van der Waals surface area (Å²) < 4.78 is 0. The van der Waals surface area contributed by atoms with Gasteiger partial charge in [0.15, 0.2) is 0 Å². The fraction of sp³-hybridized carbons (Fsp3) is 1.00. The molecule has 16 heavy (non-hydrogen) atoms. The van der Waals surface area contributed by atoms with Gasteiger partial charge in [0, 0.05) is 6.04 Å². The van der Waals surface area contributed by atoms with E-state index in [4.69, 9.17) is 0 Å². The van der Waals surface area contributed by atoms with Crippen LogP contribution in [0.25, 0.3) is 0 Å². The second-order valence-electron chi connectivity index (χ2n) is 5.54. The lowest BCUT2D eigenvalue weighted by Gasteiger charge is -2.37. The van der Waals surface area contributed by atoms with E-state index < -0.39 is 0 Å². The molecule has 2 fully saturated rings. The van der Waals surface area contributed by atoms with Crippen LogP contribution in [-0.4, -0.2) is 24.1 Å². The van der Waals surface area contributed by atoms with Gasteiger partial charge in [-0.15, -0.1) is 0 Å². The van der Waals surface area contributed by atoms with Crippen LogP contribution in [0.5, 0.6) is 0 Å². The summed E-state index contributed by atoms with van der Waals surface area (Å²) in [4.78, 5) is 0. The summed E-state index contributed by atoms with van der Waals surface area (Å²) >= 11 is 2.15. The van der Waals surface area contributed by atoms with E-state index in [1.807, 2.05) is 0 Å². The zero-order chi connectivity index (χ0) is 11.2. The van der Waals surface area contributed by atoms with E-state index in [-0.39, 0.29) is 0 Å². The molecule has 1 atom stereocenters. The Hall–Kier alpha value is 0.310. The van der Waals surface area contributed by atoms with Crippen molar-refractivity contribution in [1.82, 2.24) is 5.32 Å². The van der Waals surface area contributed by atoms with E-state index in [0.29, 0.717) is 0 Å². The van der Waals surface area contributed by atoms with Gasteiger partial charge in [-0.05, 0) is 68.4 Å². The Morgan fingerprint density at radius 1 is 1.19 bits per heavy atom. The summed E-state index contributed by atoms with van der Waals surface area (Å²) in [6.45, 7) is 3.50. The van der Waals surface area contributed by atoms with Crippen LogP contribution in [0.15, 0.2) is 0 Å². The van der Waals surface area contributed by atoms with Gasteiger partial charge in [0.1, 0.15) is 0 Å². The molecule has 1 aliphatic carbocycles. The third kappa shape index (κ3) is 3.66. The van der Waals surface area contributed by atoms with Crippen LogP contribution in [0, 0.1) is 11.8 Å². The first-order chi connectivity index (χ1) is 7.90. The molecule has 0 aromatic rings. The summed E-state index contributed by atoms with van der Waals surface area (Å²) in [6, 6.07) is 0.849. The van der Waals surface area contributed by atoms with Crippen LogP contribution in [0.2, 0.25) is 0 Å². The van der Waals surface area contributed by atoms with E-state index in [2.05, 4.69) is 24.0 Å². The lowest BCUT2D eigenvalue weighted by atomic mass is 9.76. The second kappa shape index (κ2) is 6.90. The van der Waals surface area contributed by atoms with Crippen LogP contribution in [0.3, 0.4) is 0 Å². The maximum Gasteiger partial charge on any atom is 0.00979 e. The molecule has 0 aromatic carbocycles. The molecule has 1 aliphatic heterocycles. The zero-order valence-corrected chi connectivity index (χ0v) is 11.5. The monoisotopic (exact) mass is 241 g/mol. The molecule has 2 aliphatic rings. The van der Waals surface area contributed by atoms with Crippen molar-refractivity contribution in [3.05, 3.63) is 0 Å². The highest BCUT2D eigenvalue weighted by molar-refractivity contribution is 7.99. The molecule has 1 nitrogen and oxygen atoms in total. The Kier molecular flexibility index (Phi) is 5.51. The van der Waals surface area contributed by atoms with Crippen LogP contribution in [-0.2, 0) is 0 Å². The van der Waals surface area contributed by atoms with E-state index in [1.165, 1.54) is 63.0 Å². The highest BCUT2D eigenvalue weighted by atomic mass is 32.2. The summed E-state index contributed by atoms with van der Waals surface area (Å²) in [6.07, 6.45) is 10.2. The normalized spacial score (nSPS) is 25.3. The van der Waals surface area contributed by atoms with Crippen molar-refractivity contribution >= 4 is 11.8 Å². The Balaban J connectivity index is 1.75. The third-order valence-electron chi connectivity index (χ3n) is 4.30. The quantitative estimate of drug-likeness (QED) is 0.761. The zero-order valence-electron chi connectivity index (χ0n) is 10.7. The van der Waals surface area contributed by atoms with Gasteiger partial charge in [0.05, 0.1) is 0 Å². The Morgan fingerprint density at radius 2 is 1.94 bits per heavy atom. The fourth-order valence-electron chi connectivity index (χ4n) is 2.96. The van der Waals surface area contributed by atoms with Gasteiger partial charge < -0.3 is 5.32 Å². The van der Waals surface area contributed by atoms with E-state index >= 15 is 0 Å². The van der Waals surface area contributed by atoms with E-state index in [9.17, 15) is 0 Å². The lowest BCUT2D eigenvalue weighted by molar-refractivity contribution is 0.196. The summed E-state index contributed by atoms with van der Waals surface area (Å²) in [7, 11) is 0. The first-order valence-corrected chi connectivity index (χ1v) is 8.36. The first kappa shape index (κ1) is 12.8. The van der Waals surface area contributed by atoms with E-state index in [0.717, 1.165) is 17.9 Å². The lowest BCUT2D eigenvalue weighted by Crippen LogP contribution is -2.41. The molecule has 2 heteroatoms. The molecule has 0 amide bonds. The van der Waals surface area contributed by atoms with Crippen molar-refractivity contribution in [3.8, 4) is 0 Å². The topological polar surface area (TPSA) is 12.0 Å². The van der Waals surface area contributed by atoms with Gasteiger partial charge >= 0.3 is 0 Å². The molecule has 1 heterocycles. The SMILES string of the molecule is CCCNC(CC1CCSCC1)C1CCC1. The Morgan fingerprint density at radius 3 is 2.50 bits per heavy atom. The molecule has 0 bridgehead atoms. The predicted molar refractivity (Wildman–Crippen MR) is 74.1 cm³/mol. The number of nitrogens with one attached hydrogen (secondary N) is 1. The maximum absolute atomic E-state index is 3.81. The molecular weight excluding hydrogens is 214 g/mol. The largest absolute Gasteiger partial charge is 0.314 e. The Bertz CT molecular complexity index is 185. The number of rotatable bonds is 6. The average Bonchev–Trinajstić information content (AvgIpc) is 2.25. The Labute approximate surface area is 105 Å². The smallest absolute Gasteiger partial charge is 0.00979 e. The number of thioether (sulfide) groups is 1. The van der Waals surface area contributed by atoms with Crippen LogP contribution in [0.1, 0.15) is 51.9 Å². The third-order valence-corrected chi connectivity index (χ3v) is 5.35. The molecular formula is C14H27NS. The molecule has 1 saturated carbocycles.